The number of aryl methyl sites for hydroxylation is 1. The van der Waals surface area contributed by atoms with Gasteiger partial charge in [-0.3, -0.25) is 9.59 Å². The molecule has 0 saturated heterocycles. The number of hydrogen-bond acceptors (Lipinski definition) is 4. The molecular weight excluding hydrogens is 260 g/mol. The van der Waals surface area contributed by atoms with Crippen molar-refractivity contribution >= 4 is 17.5 Å². The fourth-order valence-corrected chi connectivity index (χ4v) is 1.94. The van der Waals surface area contributed by atoms with Crippen LogP contribution in [-0.4, -0.2) is 35.7 Å². The Morgan fingerprint density at radius 2 is 2.25 bits per heavy atom. The fourth-order valence-electron chi connectivity index (χ4n) is 1.94. The highest BCUT2D eigenvalue weighted by Crippen LogP contribution is 2.34. The highest BCUT2D eigenvalue weighted by Gasteiger charge is 2.47. The molecule has 0 aromatic heterocycles. The molecule has 1 atom stereocenters. The van der Waals surface area contributed by atoms with Crippen LogP contribution in [0.1, 0.15) is 18.9 Å². The van der Waals surface area contributed by atoms with Gasteiger partial charge in [-0.15, -0.1) is 0 Å². The third kappa shape index (κ3) is 2.60. The Balaban J connectivity index is 2.18. The summed E-state index contributed by atoms with van der Waals surface area (Å²) >= 11 is 0. The van der Waals surface area contributed by atoms with Crippen LogP contribution in [0.15, 0.2) is 18.2 Å². The third-order valence-electron chi connectivity index (χ3n) is 3.18. The van der Waals surface area contributed by atoms with E-state index in [-0.39, 0.29) is 6.61 Å². The molecule has 1 aromatic rings. The SMILES string of the molecule is Cc1ccc2c(c1)NC(=O)[C@@](C)(C(=O)NCCCO)O2. The third-order valence-corrected chi connectivity index (χ3v) is 3.18. The van der Waals surface area contributed by atoms with Gasteiger partial charge in [0.05, 0.1) is 5.69 Å². The Morgan fingerprint density at radius 3 is 2.95 bits per heavy atom. The molecule has 1 aliphatic heterocycles. The second-order valence-corrected chi connectivity index (χ2v) is 4.92. The standard InChI is InChI=1S/C14H18N2O4/c1-9-4-5-11-10(8-9)16-13(19)14(2,20-11)12(18)15-6-3-7-17/h4-5,8,17H,3,6-7H2,1-2H3,(H,15,18)(H,16,19)/t14-/m1/s1. The molecular formula is C14H18N2O4. The maximum absolute atomic E-state index is 12.1. The van der Waals surface area contributed by atoms with Gasteiger partial charge in [0.15, 0.2) is 0 Å². The zero-order valence-electron chi connectivity index (χ0n) is 11.5. The number of rotatable bonds is 4. The van der Waals surface area contributed by atoms with Crippen molar-refractivity contribution in [1.29, 1.82) is 0 Å². The number of ether oxygens (including phenoxy) is 1. The van der Waals surface area contributed by atoms with E-state index in [1.807, 2.05) is 13.0 Å². The first-order chi connectivity index (χ1) is 9.47. The minimum Gasteiger partial charge on any atom is -0.466 e. The van der Waals surface area contributed by atoms with Crippen molar-refractivity contribution in [2.75, 3.05) is 18.5 Å². The first kappa shape index (κ1) is 14.3. The molecule has 0 unspecified atom stereocenters. The molecule has 0 aliphatic carbocycles. The van der Waals surface area contributed by atoms with Gasteiger partial charge in [0, 0.05) is 13.2 Å². The molecule has 3 N–H and O–H groups in total. The van der Waals surface area contributed by atoms with Crippen molar-refractivity contribution in [3.63, 3.8) is 0 Å². The molecule has 20 heavy (non-hydrogen) atoms. The number of anilines is 1. The number of fused-ring (bicyclic) bond motifs is 1. The van der Waals surface area contributed by atoms with E-state index < -0.39 is 17.4 Å². The Morgan fingerprint density at radius 1 is 1.50 bits per heavy atom. The molecule has 0 saturated carbocycles. The first-order valence-electron chi connectivity index (χ1n) is 6.47. The van der Waals surface area contributed by atoms with Gasteiger partial charge >= 0.3 is 0 Å². The van der Waals surface area contributed by atoms with Gasteiger partial charge in [-0.05, 0) is 38.0 Å². The van der Waals surface area contributed by atoms with Crippen molar-refractivity contribution in [3.05, 3.63) is 23.8 Å². The second kappa shape index (κ2) is 5.50. The Kier molecular flexibility index (Phi) is 3.94. The molecule has 1 heterocycles. The highest BCUT2D eigenvalue weighted by molar-refractivity contribution is 6.15. The molecule has 1 aromatic carbocycles. The summed E-state index contributed by atoms with van der Waals surface area (Å²) in [6, 6.07) is 5.36. The normalized spacial score (nSPS) is 20.6. The second-order valence-electron chi connectivity index (χ2n) is 4.92. The Labute approximate surface area is 117 Å². The summed E-state index contributed by atoms with van der Waals surface area (Å²) in [6.45, 7) is 3.61. The highest BCUT2D eigenvalue weighted by atomic mass is 16.5. The lowest BCUT2D eigenvalue weighted by Gasteiger charge is -2.33. The zero-order chi connectivity index (χ0) is 14.8. The quantitative estimate of drug-likeness (QED) is 0.555. The molecule has 0 fully saturated rings. The fraction of sp³-hybridized carbons (Fsp3) is 0.429. The number of nitrogens with one attached hydrogen (secondary N) is 2. The van der Waals surface area contributed by atoms with Crippen LogP contribution in [0.5, 0.6) is 5.75 Å². The summed E-state index contributed by atoms with van der Waals surface area (Å²) in [4.78, 5) is 24.2. The Hall–Kier alpha value is -2.08. The summed E-state index contributed by atoms with van der Waals surface area (Å²) < 4.78 is 5.59. The van der Waals surface area contributed by atoms with Gasteiger partial charge in [0.2, 0.25) is 0 Å². The van der Waals surface area contributed by atoms with Gasteiger partial charge in [0.1, 0.15) is 5.75 Å². The lowest BCUT2D eigenvalue weighted by molar-refractivity contribution is -0.146. The molecule has 6 heteroatoms. The van der Waals surface area contributed by atoms with Crippen LogP contribution in [-0.2, 0) is 9.59 Å². The average molecular weight is 278 g/mol. The van der Waals surface area contributed by atoms with Gasteiger partial charge in [-0.1, -0.05) is 6.07 Å². The maximum atomic E-state index is 12.1. The topological polar surface area (TPSA) is 87.7 Å². The van der Waals surface area contributed by atoms with E-state index >= 15 is 0 Å². The lowest BCUT2D eigenvalue weighted by atomic mass is 10.0. The summed E-state index contributed by atoms with van der Waals surface area (Å²) in [7, 11) is 0. The number of carbonyl (C=O) groups excluding carboxylic acids is 2. The number of amides is 2. The predicted octanol–water partition coefficient (Wildman–Crippen LogP) is 0.583. The van der Waals surface area contributed by atoms with E-state index in [1.54, 1.807) is 12.1 Å². The molecule has 1 aliphatic rings. The number of hydrogen-bond donors (Lipinski definition) is 3. The summed E-state index contributed by atoms with van der Waals surface area (Å²) in [6.07, 6.45) is 0.430. The number of carbonyl (C=O) groups is 2. The molecule has 2 rings (SSSR count). The van der Waals surface area contributed by atoms with Crippen LogP contribution in [0.25, 0.3) is 0 Å². The van der Waals surface area contributed by atoms with E-state index in [9.17, 15) is 9.59 Å². The zero-order valence-corrected chi connectivity index (χ0v) is 11.5. The molecule has 6 nitrogen and oxygen atoms in total. The van der Waals surface area contributed by atoms with Gasteiger partial charge in [0.25, 0.3) is 17.4 Å². The lowest BCUT2D eigenvalue weighted by Crippen LogP contribution is -2.58. The summed E-state index contributed by atoms with van der Waals surface area (Å²) in [5, 5.41) is 14.0. The maximum Gasteiger partial charge on any atom is 0.278 e. The van der Waals surface area contributed by atoms with Crippen LogP contribution >= 0.6 is 0 Å². The van der Waals surface area contributed by atoms with E-state index in [1.165, 1.54) is 6.92 Å². The van der Waals surface area contributed by atoms with Crippen LogP contribution < -0.4 is 15.4 Å². The van der Waals surface area contributed by atoms with Crippen molar-refractivity contribution in [3.8, 4) is 5.75 Å². The van der Waals surface area contributed by atoms with Crippen LogP contribution in [0.4, 0.5) is 5.69 Å². The first-order valence-corrected chi connectivity index (χ1v) is 6.47. The van der Waals surface area contributed by atoms with Crippen molar-refractivity contribution in [2.24, 2.45) is 0 Å². The van der Waals surface area contributed by atoms with E-state index in [4.69, 9.17) is 9.84 Å². The van der Waals surface area contributed by atoms with Crippen LogP contribution in [0, 0.1) is 6.92 Å². The predicted molar refractivity (Wildman–Crippen MR) is 73.6 cm³/mol. The Bertz CT molecular complexity index is 544. The minimum absolute atomic E-state index is 0.0217. The monoisotopic (exact) mass is 278 g/mol. The smallest absolute Gasteiger partial charge is 0.278 e. The number of aliphatic hydroxyl groups is 1. The van der Waals surface area contributed by atoms with Crippen molar-refractivity contribution in [1.82, 2.24) is 5.32 Å². The molecule has 108 valence electrons. The molecule has 0 bridgehead atoms. The van der Waals surface area contributed by atoms with Crippen LogP contribution in [0.2, 0.25) is 0 Å². The largest absolute Gasteiger partial charge is 0.466 e. The van der Waals surface area contributed by atoms with E-state index in [0.29, 0.717) is 24.4 Å². The minimum atomic E-state index is -1.60. The summed E-state index contributed by atoms with van der Waals surface area (Å²) in [5.41, 5.74) is -0.0446. The molecule has 2 amide bonds. The summed E-state index contributed by atoms with van der Waals surface area (Å²) in [5.74, 6) is -0.554. The van der Waals surface area contributed by atoms with Gasteiger partial charge < -0.3 is 20.5 Å². The number of aliphatic hydroxyl groups excluding tert-OH is 1. The number of benzene rings is 1. The van der Waals surface area contributed by atoms with E-state index in [2.05, 4.69) is 10.6 Å². The molecule has 0 radical (unpaired) electrons. The van der Waals surface area contributed by atoms with Crippen molar-refractivity contribution < 1.29 is 19.4 Å². The van der Waals surface area contributed by atoms with Crippen molar-refractivity contribution in [2.45, 2.75) is 25.9 Å². The van der Waals surface area contributed by atoms with E-state index in [0.717, 1.165) is 5.56 Å². The van der Waals surface area contributed by atoms with Gasteiger partial charge in [-0.2, -0.15) is 0 Å². The van der Waals surface area contributed by atoms with Gasteiger partial charge in [-0.25, -0.2) is 0 Å². The molecule has 0 spiro atoms. The average Bonchev–Trinajstić information content (AvgIpc) is 2.40. The van der Waals surface area contributed by atoms with Crippen LogP contribution in [0.3, 0.4) is 0 Å².